The molecule has 0 saturated carbocycles. The van der Waals surface area contributed by atoms with E-state index in [9.17, 15) is 4.79 Å². The number of anilines is 1. The van der Waals surface area contributed by atoms with Crippen LogP contribution in [0.5, 0.6) is 0 Å². The van der Waals surface area contributed by atoms with Gasteiger partial charge in [0.15, 0.2) is 0 Å². The molecule has 0 atom stereocenters. The monoisotopic (exact) mass is 308 g/mol. The predicted molar refractivity (Wildman–Crippen MR) is 75.2 cm³/mol. The number of nitrogen functional groups attached to an aromatic ring is 1. The number of fused-ring (bicyclic) bond motifs is 1. The lowest BCUT2D eigenvalue weighted by Crippen LogP contribution is -2.26. The highest BCUT2D eigenvalue weighted by Gasteiger charge is 2.17. The zero-order chi connectivity index (χ0) is 13.3. The molecule has 2 aromatic rings. The van der Waals surface area contributed by atoms with Gasteiger partial charge >= 0.3 is 0 Å². The Morgan fingerprint density at radius 1 is 1.33 bits per heavy atom. The highest BCUT2D eigenvalue weighted by Crippen LogP contribution is 2.32. The maximum Gasteiger partial charge on any atom is 0.279 e. The Bertz CT molecular complexity index is 613. The Kier molecular flexibility index (Phi) is 3.54. The summed E-state index contributed by atoms with van der Waals surface area (Å²) in [4.78, 5) is 17.0. The SMILES string of the molecule is CON(C)C(=O)c1cc(Br)c2ccccc2c1N. The van der Waals surface area contributed by atoms with E-state index in [2.05, 4.69) is 15.9 Å². The lowest BCUT2D eigenvalue weighted by molar-refractivity contribution is -0.0756. The maximum absolute atomic E-state index is 12.1. The smallest absolute Gasteiger partial charge is 0.279 e. The molecule has 2 aromatic carbocycles. The lowest BCUT2D eigenvalue weighted by atomic mass is 10.0. The molecule has 94 valence electrons. The van der Waals surface area contributed by atoms with Gasteiger partial charge in [0.2, 0.25) is 0 Å². The van der Waals surface area contributed by atoms with Gasteiger partial charge in [-0.25, -0.2) is 5.06 Å². The van der Waals surface area contributed by atoms with Gasteiger partial charge in [-0.2, -0.15) is 0 Å². The first kappa shape index (κ1) is 12.9. The van der Waals surface area contributed by atoms with Crippen molar-refractivity contribution >= 4 is 38.3 Å². The van der Waals surface area contributed by atoms with Crippen molar-refractivity contribution < 1.29 is 9.63 Å². The quantitative estimate of drug-likeness (QED) is 0.685. The molecule has 0 aliphatic heterocycles. The number of benzene rings is 2. The summed E-state index contributed by atoms with van der Waals surface area (Å²) in [6.45, 7) is 0. The number of halogens is 1. The van der Waals surface area contributed by atoms with Crippen molar-refractivity contribution in [1.29, 1.82) is 0 Å². The van der Waals surface area contributed by atoms with E-state index in [0.717, 1.165) is 20.3 Å². The Morgan fingerprint density at radius 3 is 2.56 bits per heavy atom. The molecule has 0 saturated heterocycles. The molecule has 5 heteroatoms. The molecule has 0 aliphatic rings. The lowest BCUT2D eigenvalue weighted by Gasteiger charge is -2.16. The molecule has 0 aromatic heterocycles. The van der Waals surface area contributed by atoms with Crippen molar-refractivity contribution in [1.82, 2.24) is 5.06 Å². The van der Waals surface area contributed by atoms with Crippen LogP contribution in [0.2, 0.25) is 0 Å². The third-order valence-electron chi connectivity index (χ3n) is 2.83. The fourth-order valence-electron chi connectivity index (χ4n) is 1.78. The second-order valence-corrected chi connectivity index (χ2v) is 4.70. The standard InChI is InChI=1S/C13H13BrN2O2/c1-16(18-2)13(17)10-7-11(14)8-5-3-4-6-9(8)12(10)15/h3-7H,15H2,1-2H3. The second-order valence-electron chi connectivity index (χ2n) is 3.85. The van der Waals surface area contributed by atoms with E-state index in [4.69, 9.17) is 10.6 Å². The average molecular weight is 309 g/mol. The first-order chi connectivity index (χ1) is 8.56. The van der Waals surface area contributed by atoms with Crippen LogP contribution in [0.3, 0.4) is 0 Å². The van der Waals surface area contributed by atoms with Gasteiger partial charge in [-0.15, -0.1) is 0 Å². The van der Waals surface area contributed by atoms with E-state index < -0.39 is 0 Å². The molecule has 18 heavy (non-hydrogen) atoms. The first-order valence-corrected chi connectivity index (χ1v) is 6.14. The van der Waals surface area contributed by atoms with Crippen molar-refractivity contribution in [2.75, 3.05) is 19.9 Å². The zero-order valence-corrected chi connectivity index (χ0v) is 11.7. The summed E-state index contributed by atoms with van der Waals surface area (Å²) in [5.74, 6) is -0.276. The summed E-state index contributed by atoms with van der Waals surface area (Å²) in [5.41, 5.74) is 6.94. The summed E-state index contributed by atoms with van der Waals surface area (Å²) in [6.07, 6.45) is 0. The normalized spacial score (nSPS) is 10.6. The molecule has 0 bridgehead atoms. The minimum absolute atomic E-state index is 0.276. The van der Waals surface area contributed by atoms with Crippen LogP contribution in [0.25, 0.3) is 10.8 Å². The fraction of sp³-hybridized carbons (Fsp3) is 0.154. The van der Waals surface area contributed by atoms with Crippen LogP contribution in [0.4, 0.5) is 5.69 Å². The third-order valence-corrected chi connectivity index (χ3v) is 3.48. The van der Waals surface area contributed by atoms with Gasteiger partial charge in [0.1, 0.15) is 0 Å². The van der Waals surface area contributed by atoms with Gasteiger partial charge in [-0.1, -0.05) is 40.2 Å². The predicted octanol–water partition coefficient (Wildman–Crippen LogP) is 2.82. The molecule has 4 nitrogen and oxygen atoms in total. The molecule has 0 aliphatic carbocycles. The summed E-state index contributed by atoms with van der Waals surface area (Å²) in [5, 5.41) is 2.97. The van der Waals surface area contributed by atoms with Gasteiger partial charge in [0.25, 0.3) is 5.91 Å². The van der Waals surface area contributed by atoms with Gasteiger partial charge in [-0.05, 0) is 11.5 Å². The fourth-order valence-corrected chi connectivity index (χ4v) is 2.36. The number of nitrogens with two attached hydrogens (primary N) is 1. The molecule has 0 fully saturated rings. The van der Waals surface area contributed by atoms with Crippen LogP contribution in [-0.2, 0) is 4.84 Å². The number of nitrogens with zero attached hydrogens (tertiary/aromatic N) is 1. The highest BCUT2D eigenvalue weighted by atomic mass is 79.9. The number of hydrogen-bond acceptors (Lipinski definition) is 3. The Morgan fingerprint density at radius 2 is 1.94 bits per heavy atom. The maximum atomic E-state index is 12.1. The van der Waals surface area contributed by atoms with Crippen molar-refractivity contribution in [3.05, 3.63) is 40.4 Å². The van der Waals surface area contributed by atoms with E-state index in [1.165, 1.54) is 7.11 Å². The molecule has 2 rings (SSSR count). The summed E-state index contributed by atoms with van der Waals surface area (Å²) < 4.78 is 0.833. The molecule has 0 unspecified atom stereocenters. The molecular formula is C13H13BrN2O2. The number of hydroxylamine groups is 2. The van der Waals surface area contributed by atoms with Crippen molar-refractivity contribution in [3.8, 4) is 0 Å². The van der Waals surface area contributed by atoms with Crippen LogP contribution in [0, 0.1) is 0 Å². The number of amides is 1. The molecule has 2 N–H and O–H groups in total. The van der Waals surface area contributed by atoms with Crippen LogP contribution in [0.15, 0.2) is 34.8 Å². The van der Waals surface area contributed by atoms with Crippen LogP contribution in [-0.4, -0.2) is 25.1 Å². The Labute approximate surface area is 113 Å². The van der Waals surface area contributed by atoms with Crippen molar-refractivity contribution in [3.63, 3.8) is 0 Å². The number of carbonyl (C=O) groups is 1. The number of rotatable bonds is 2. The van der Waals surface area contributed by atoms with Gasteiger partial charge in [0, 0.05) is 16.9 Å². The first-order valence-electron chi connectivity index (χ1n) is 5.35. The van der Waals surface area contributed by atoms with Gasteiger partial charge < -0.3 is 5.73 Å². The van der Waals surface area contributed by atoms with Crippen LogP contribution >= 0.6 is 15.9 Å². The van der Waals surface area contributed by atoms with Gasteiger partial charge in [-0.3, -0.25) is 9.63 Å². The highest BCUT2D eigenvalue weighted by molar-refractivity contribution is 9.10. The minimum atomic E-state index is -0.276. The van der Waals surface area contributed by atoms with Crippen LogP contribution < -0.4 is 5.73 Å². The van der Waals surface area contributed by atoms with E-state index in [-0.39, 0.29) is 5.91 Å². The van der Waals surface area contributed by atoms with E-state index >= 15 is 0 Å². The Balaban J connectivity index is 2.67. The minimum Gasteiger partial charge on any atom is -0.398 e. The topological polar surface area (TPSA) is 55.6 Å². The largest absolute Gasteiger partial charge is 0.398 e. The van der Waals surface area contributed by atoms with E-state index in [0.29, 0.717) is 11.3 Å². The third kappa shape index (κ3) is 2.07. The van der Waals surface area contributed by atoms with Crippen molar-refractivity contribution in [2.45, 2.75) is 0 Å². The molecular weight excluding hydrogens is 296 g/mol. The summed E-state index contributed by atoms with van der Waals surface area (Å²) in [7, 11) is 2.98. The summed E-state index contributed by atoms with van der Waals surface area (Å²) in [6, 6.07) is 9.37. The molecule has 0 spiro atoms. The Hall–Kier alpha value is -1.59. The zero-order valence-electron chi connectivity index (χ0n) is 10.1. The molecule has 0 heterocycles. The van der Waals surface area contributed by atoms with Crippen LogP contribution in [0.1, 0.15) is 10.4 Å². The molecule has 0 radical (unpaired) electrons. The summed E-state index contributed by atoms with van der Waals surface area (Å²) >= 11 is 3.45. The number of carbonyl (C=O) groups excluding carboxylic acids is 1. The molecule has 1 amide bonds. The average Bonchev–Trinajstić information content (AvgIpc) is 2.41. The van der Waals surface area contributed by atoms with E-state index in [1.54, 1.807) is 13.1 Å². The van der Waals surface area contributed by atoms with E-state index in [1.807, 2.05) is 24.3 Å². The second kappa shape index (κ2) is 4.96. The van der Waals surface area contributed by atoms with Gasteiger partial charge in [0.05, 0.1) is 18.4 Å². The van der Waals surface area contributed by atoms with Crippen molar-refractivity contribution in [2.24, 2.45) is 0 Å². The number of hydrogen-bond donors (Lipinski definition) is 1.